The van der Waals surface area contributed by atoms with E-state index < -0.39 is 6.04 Å². The van der Waals surface area contributed by atoms with Crippen LogP contribution in [0.3, 0.4) is 0 Å². The van der Waals surface area contributed by atoms with Gasteiger partial charge in [0.15, 0.2) is 0 Å². The molecule has 4 nitrogen and oxygen atoms in total. The number of halogens is 1. The lowest BCUT2D eigenvalue weighted by Crippen LogP contribution is -2.40. The average molecular weight is 347 g/mol. The van der Waals surface area contributed by atoms with Crippen molar-refractivity contribution in [2.45, 2.75) is 25.9 Å². The normalized spacial score (nSPS) is 14.5. The van der Waals surface area contributed by atoms with Gasteiger partial charge >= 0.3 is 0 Å². The van der Waals surface area contributed by atoms with Crippen molar-refractivity contribution in [2.75, 3.05) is 7.11 Å². The van der Waals surface area contributed by atoms with Crippen molar-refractivity contribution in [2.24, 2.45) is 11.7 Å². The van der Waals surface area contributed by atoms with Crippen LogP contribution in [-0.2, 0) is 4.79 Å². The van der Waals surface area contributed by atoms with E-state index in [1.54, 1.807) is 13.2 Å². The minimum Gasteiger partial charge on any atom is -0.496 e. The summed E-state index contributed by atoms with van der Waals surface area (Å²) in [6, 6.07) is 14.4. The monoisotopic (exact) mass is 346 g/mol. The molecule has 0 saturated carbocycles. The number of benzene rings is 2. The second-order valence-electron chi connectivity index (χ2n) is 5.85. The molecule has 2 aromatic carbocycles. The lowest BCUT2D eigenvalue weighted by molar-refractivity contribution is -0.125. The maximum Gasteiger partial charge on any atom is 0.225 e. The van der Waals surface area contributed by atoms with Crippen LogP contribution in [0, 0.1) is 5.92 Å². The fraction of sp³-hybridized carbons (Fsp3) is 0.316. The molecule has 0 aromatic heterocycles. The number of ether oxygens (including phenoxy) is 1. The first-order valence-electron chi connectivity index (χ1n) is 7.89. The minimum atomic E-state index is -0.413. The fourth-order valence-corrected chi connectivity index (χ4v) is 2.69. The highest BCUT2D eigenvalue weighted by Gasteiger charge is 2.25. The summed E-state index contributed by atoms with van der Waals surface area (Å²) in [4.78, 5) is 12.6. The molecule has 0 aliphatic heterocycles. The summed E-state index contributed by atoms with van der Waals surface area (Å²) in [7, 11) is 1.61. The standard InChI is InChI=1S/C19H23ClN2O2/c1-12(13(2)21)19(23)22-18(14-8-4-6-10-16(14)20)15-9-5-7-11-17(15)24-3/h4-13,18H,21H2,1-3H3,(H,22,23). The summed E-state index contributed by atoms with van der Waals surface area (Å²) in [5.41, 5.74) is 7.52. The number of nitrogens with one attached hydrogen (secondary N) is 1. The van der Waals surface area contributed by atoms with Gasteiger partial charge in [-0.25, -0.2) is 0 Å². The number of hydrogen-bond donors (Lipinski definition) is 2. The Balaban J connectivity index is 2.46. The van der Waals surface area contributed by atoms with Crippen molar-refractivity contribution >= 4 is 17.5 Å². The molecule has 0 saturated heterocycles. The van der Waals surface area contributed by atoms with E-state index in [4.69, 9.17) is 22.1 Å². The second-order valence-corrected chi connectivity index (χ2v) is 6.26. The molecule has 0 fully saturated rings. The molecule has 3 N–H and O–H groups in total. The van der Waals surface area contributed by atoms with E-state index in [0.717, 1.165) is 11.1 Å². The Hall–Kier alpha value is -2.04. The van der Waals surface area contributed by atoms with Crippen molar-refractivity contribution in [3.05, 3.63) is 64.7 Å². The molecule has 3 unspecified atom stereocenters. The first kappa shape index (κ1) is 18.3. The molecule has 0 radical (unpaired) electrons. The van der Waals surface area contributed by atoms with Gasteiger partial charge in [-0.1, -0.05) is 54.9 Å². The average Bonchev–Trinajstić information content (AvgIpc) is 2.59. The fourth-order valence-electron chi connectivity index (χ4n) is 2.45. The lowest BCUT2D eigenvalue weighted by Gasteiger charge is -2.25. The highest BCUT2D eigenvalue weighted by atomic mass is 35.5. The topological polar surface area (TPSA) is 64.3 Å². The van der Waals surface area contributed by atoms with Crippen LogP contribution in [0.25, 0.3) is 0 Å². The quantitative estimate of drug-likeness (QED) is 0.840. The number of carbonyl (C=O) groups is 1. The Labute approximate surface area is 148 Å². The molecule has 5 heteroatoms. The predicted molar refractivity (Wildman–Crippen MR) is 97.2 cm³/mol. The van der Waals surface area contributed by atoms with E-state index in [1.165, 1.54) is 0 Å². The lowest BCUT2D eigenvalue weighted by atomic mass is 9.95. The maximum absolute atomic E-state index is 12.6. The second kappa shape index (κ2) is 8.18. The third-order valence-electron chi connectivity index (χ3n) is 4.15. The van der Waals surface area contributed by atoms with Crippen molar-refractivity contribution in [3.8, 4) is 5.75 Å². The number of carbonyl (C=O) groups excluding carboxylic acids is 1. The Bertz CT molecular complexity index is 703. The molecule has 0 aliphatic carbocycles. The van der Waals surface area contributed by atoms with Crippen molar-refractivity contribution in [1.29, 1.82) is 0 Å². The first-order valence-corrected chi connectivity index (χ1v) is 8.26. The largest absolute Gasteiger partial charge is 0.496 e. The van der Waals surface area contributed by atoms with Gasteiger partial charge in [0.2, 0.25) is 5.91 Å². The zero-order valence-corrected chi connectivity index (χ0v) is 14.9. The highest BCUT2D eigenvalue weighted by molar-refractivity contribution is 6.31. The van der Waals surface area contributed by atoms with Crippen LogP contribution in [0.15, 0.2) is 48.5 Å². The Kier molecular flexibility index (Phi) is 6.23. The van der Waals surface area contributed by atoms with E-state index in [9.17, 15) is 4.79 Å². The zero-order chi connectivity index (χ0) is 17.7. The summed E-state index contributed by atoms with van der Waals surface area (Å²) < 4.78 is 5.46. The highest BCUT2D eigenvalue weighted by Crippen LogP contribution is 2.33. The van der Waals surface area contributed by atoms with Gasteiger partial charge in [0, 0.05) is 22.5 Å². The molecule has 0 aliphatic rings. The number of amides is 1. The molecule has 128 valence electrons. The summed E-state index contributed by atoms with van der Waals surface area (Å²) in [5, 5.41) is 3.65. The van der Waals surface area contributed by atoms with Crippen molar-refractivity contribution < 1.29 is 9.53 Å². The first-order chi connectivity index (χ1) is 11.5. The molecule has 24 heavy (non-hydrogen) atoms. The van der Waals surface area contributed by atoms with Crippen LogP contribution in [0.2, 0.25) is 5.02 Å². The molecule has 0 spiro atoms. The van der Waals surface area contributed by atoms with Crippen molar-refractivity contribution in [1.82, 2.24) is 5.32 Å². The van der Waals surface area contributed by atoms with E-state index in [-0.39, 0.29) is 17.9 Å². The Morgan fingerprint density at radius 2 is 1.67 bits per heavy atom. The van der Waals surface area contributed by atoms with Crippen LogP contribution in [0.5, 0.6) is 5.75 Å². The summed E-state index contributed by atoms with van der Waals surface area (Å²) >= 11 is 6.37. The van der Waals surface area contributed by atoms with E-state index in [0.29, 0.717) is 10.8 Å². The smallest absolute Gasteiger partial charge is 0.225 e. The van der Waals surface area contributed by atoms with Gasteiger partial charge in [0.1, 0.15) is 5.75 Å². The van der Waals surface area contributed by atoms with Crippen molar-refractivity contribution in [3.63, 3.8) is 0 Å². The van der Waals surface area contributed by atoms with Gasteiger partial charge in [0.25, 0.3) is 0 Å². The van der Waals surface area contributed by atoms with Crippen LogP contribution < -0.4 is 15.8 Å². The Morgan fingerprint density at radius 1 is 1.08 bits per heavy atom. The van der Waals surface area contributed by atoms with Crippen LogP contribution >= 0.6 is 11.6 Å². The van der Waals surface area contributed by atoms with Gasteiger partial charge in [-0.05, 0) is 24.6 Å². The van der Waals surface area contributed by atoms with Crippen LogP contribution in [0.1, 0.15) is 31.0 Å². The van der Waals surface area contributed by atoms with Gasteiger partial charge in [-0.2, -0.15) is 0 Å². The van der Waals surface area contributed by atoms with E-state index in [2.05, 4.69) is 5.32 Å². The van der Waals surface area contributed by atoms with Gasteiger partial charge in [-0.3, -0.25) is 4.79 Å². The van der Waals surface area contributed by atoms with Gasteiger partial charge in [-0.15, -0.1) is 0 Å². The zero-order valence-electron chi connectivity index (χ0n) is 14.1. The number of para-hydroxylation sites is 1. The molecular formula is C19H23ClN2O2. The molecule has 0 bridgehead atoms. The predicted octanol–water partition coefficient (Wildman–Crippen LogP) is 3.54. The number of hydrogen-bond acceptors (Lipinski definition) is 3. The van der Waals surface area contributed by atoms with E-state index in [1.807, 2.05) is 56.3 Å². The summed E-state index contributed by atoms with van der Waals surface area (Å²) in [6.07, 6.45) is 0. The minimum absolute atomic E-state index is 0.124. The van der Waals surface area contributed by atoms with Gasteiger partial charge < -0.3 is 15.8 Å². The van der Waals surface area contributed by atoms with Gasteiger partial charge in [0.05, 0.1) is 13.2 Å². The third kappa shape index (κ3) is 4.08. The summed E-state index contributed by atoms with van der Waals surface area (Å²) in [6.45, 7) is 3.63. The molecule has 2 aromatic rings. The molecule has 2 rings (SSSR count). The maximum atomic E-state index is 12.6. The molecule has 1 amide bonds. The number of methoxy groups -OCH3 is 1. The SMILES string of the molecule is COc1ccccc1C(NC(=O)C(C)C(C)N)c1ccccc1Cl. The molecular weight excluding hydrogens is 324 g/mol. The van der Waals surface area contributed by atoms with Crippen LogP contribution in [-0.4, -0.2) is 19.1 Å². The molecule has 0 heterocycles. The third-order valence-corrected chi connectivity index (χ3v) is 4.50. The summed E-state index contributed by atoms with van der Waals surface area (Å²) in [5.74, 6) is 0.252. The number of nitrogens with two attached hydrogens (primary N) is 1. The number of rotatable bonds is 6. The Morgan fingerprint density at radius 3 is 2.25 bits per heavy atom. The van der Waals surface area contributed by atoms with E-state index >= 15 is 0 Å². The van der Waals surface area contributed by atoms with Crippen LogP contribution in [0.4, 0.5) is 0 Å². The molecule has 3 atom stereocenters.